The van der Waals surface area contributed by atoms with Gasteiger partial charge >= 0.3 is 11.9 Å². The lowest BCUT2D eigenvalue weighted by Gasteiger charge is -2.34. The van der Waals surface area contributed by atoms with Gasteiger partial charge in [0.1, 0.15) is 12.6 Å². The summed E-state index contributed by atoms with van der Waals surface area (Å²) < 4.78 is 17.2. The molecule has 8 nitrogen and oxygen atoms in total. The normalized spacial score (nSPS) is 13.7. The van der Waals surface area contributed by atoms with Crippen LogP contribution < -0.4 is 5.11 Å². The Hall–Kier alpha value is -3.75. The summed E-state index contributed by atoms with van der Waals surface area (Å²) in [4.78, 5) is 37.0. The Morgan fingerprint density at radius 3 is 1.34 bits per heavy atom. The highest BCUT2D eigenvalue weighted by Crippen LogP contribution is 2.13. The number of ether oxygens (including phenoxy) is 3. The number of rotatable bonds is 44. The largest absolute Gasteiger partial charge is 0.544 e. The van der Waals surface area contributed by atoms with E-state index >= 15 is 0 Å². The highest BCUT2D eigenvalue weighted by molar-refractivity contribution is 5.70. The molecule has 0 aromatic rings. The summed E-state index contributed by atoms with van der Waals surface area (Å²) >= 11 is 0. The van der Waals surface area contributed by atoms with Crippen LogP contribution in [0.2, 0.25) is 0 Å². The number of carboxylic acids is 1. The molecule has 0 aliphatic carbocycles. The van der Waals surface area contributed by atoms with Crippen molar-refractivity contribution in [1.29, 1.82) is 0 Å². The molecule has 0 saturated carbocycles. The molecule has 64 heavy (non-hydrogen) atoms. The predicted molar refractivity (Wildman–Crippen MR) is 268 cm³/mol. The highest BCUT2D eigenvalue weighted by atomic mass is 16.6. The number of hydrogen-bond donors (Lipinski definition) is 0. The number of esters is 2. The Balaban J connectivity index is 4.37. The molecule has 0 N–H and O–H groups in total. The molecule has 0 saturated heterocycles. The van der Waals surface area contributed by atoms with Crippen molar-refractivity contribution >= 4 is 17.9 Å². The highest BCUT2D eigenvalue weighted by Gasteiger charge is 2.25. The van der Waals surface area contributed by atoms with Gasteiger partial charge in [0.25, 0.3) is 0 Å². The van der Waals surface area contributed by atoms with Crippen LogP contribution in [-0.4, -0.2) is 75.5 Å². The van der Waals surface area contributed by atoms with E-state index in [-0.39, 0.29) is 49.1 Å². The summed E-state index contributed by atoms with van der Waals surface area (Å²) in [5.74, 6) is -1.83. The molecule has 0 rings (SSSR count). The Kier molecular flexibility index (Phi) is 43.1. The van der Waals surface area contributed by atoms with Crippen molar-refractivity contribution in [2.24, 2.45) is 0 Å². The van der Waals surface area contributed by atoms with Gasteiger partial charge in [-0.3, -0.25) is 9.59 Å². The molecule has 0 heterocycles. The Morgan fingerprint density at radius 2 is 0.891 bits per heavy atom. The number of quaternary nitrogens is 1. The monoisotopic (exact) mass is 892 g/mol. The van der Waals surface area contributed by atoms with Gasteiger partial charge in [0.05, 0.1) is 40.3 Å². The fourth-order valence-corrected chi connectivity index (χ4v) is 6.82. The first-order valence-electron chi connectivity index (χ1n) is 25.3. The number of nitrogens with zero attached hydrogens (tertiary/aromatic N) is 1. The van der Waals surface area contributed by atoms with Crippen molar-refractivity contribution in [2.45, 2.75) is 199 Å². The van der Waals surface area contributed by atoms with E-state index in [4.69, 9.17) is 14.2 Å². The number of aliphatic carboxylic acids is 1. The van der Waals surface area contributed by atoms with Crippen LogP contribution in [-0.2, 0) is 28.6 Å². The van der Waals surface area contributed by atoms with Crippen LogP contribution >= 0.6 is 0 Å². The lowest BCUT2D eigenvalue weighted by atomic mass is 10.1. The summed E-state index contributed by atoms with van der Waals surface area (Å²) in [6.07, 6.45) is 61.6. The summed E-state index contributed by atoms with van der Waals surface area (Å²) in [7, 11) is 5.39. The van der Waals surface area contributed by atoms with E-state index in [9.17, 15) is 19.5 Å². The Labute approximate surface area is 392 Å². The van der Waals surface area contributed by atoms with Gasteiger partial charge in [-0.2, -0.15) is 0 Å². The number of allylic oxidation sites excluding steroid dienone is 16. The molecular formula is C56H93NO7. The van der Waals surface area contributed by atoms with E-state index < -0.39 is 18.1 Å². The van der Waals surface area contributed by atoms with E-state index in [1.54, 1.807) is 21.1 Å². The number of hydrogen-bond acceptors (Lipinski definition) is 7. The number of unbranched alkanes of at least 4 members (excludes halogenated alkanes) is 14. The average Bonchev–Trinajstić information content (AvgIpc) is 3.26. The smallest absolute Gasteiger partial charge is 0.306 e. The maximum atomic E-state index is 12.8. The number of likely N-dealkylation sites (N-methyl/N-ethyl adjacent to an activating group) is 1. The second kappa shape index (κ2) is 45.8. The molecule has 364 valence electrons. The van der Waals surface area contributed by atoms with Crippen LogP contribution in [0.15, 0.2) is 97.2 Å². The van der Waals surface area contributed by atoms with Crippen molar-refractivity contribution in [1.82, 2.24) is 0 Å². The molecule has 0 amide bonds. The summed E-state index contributed by atoms with van der Waals surface area (Å²) in [5.41, 5.74) is 0. The maximum Gasteiger partial charge on any atom is 0.306 e. The first-order chi connectivity index (χ1) is 31.1. The van der Waals surface area contributed by atoms with E-state index in [1.165, 1.54) is 64.2 Å². The number of carbonyl (C=O) groups is 3. The molecule has 2 atom stereocenters. The molecular weight excluding hydrogens is 799 g/mol. The van der Waals surface area contributed by atoms with E-state index in [1.807, 2.05) is 0 Å². The first kappa shape index (κ1) is 60.2. The topological polar surface area (TPSA) is 102 Å². The summed E-state index contributed by atoms with van der Waals surface area (Å²) in [6, 6.07) is -0.741. The summed E-state index contributed by atoms with van der Waals surface area (Å²) in [6.45, 7) is 4.47. The van der Waals surface area contributed by atoms with Crippen LogP contribution in [0, 0.1) is 0 Å². The Morgan fingerprint density at radius 1 is 0.484 bits per heavy atom. The van der Waals surface area contributed by atoms with Crippen LogP contribution in [0.1, 0.15) is 187 Å². The third kappa shape index (κ3) is 43.5. The van der Waals surface area contributed by atoms with Gasteiger partial charge in [-0.15, -0.1) is 0 Å². The molecule has 0 radical (unpaired) electrons. The van der Waals surface area contributed by atoms with Gasteiger partial charge in [-0.25, -0.2) is 0 Å². The van der Waals surface area contributed by atoms with E-state index in [0.717, 1.165) is 83.5 Å². The van der Waals surface area contributed by atoms with E-state index in [2.05, 4.69) is 111 Å². The van der Waals surface area contributed by atoms with Crippen molar-refractivity contribution in [3.63, 3.8) is 0 Å². The molecule has 0 spiro atoms. The predicted octanol–water partition coefficient (Wildman–Crippen LogP) is 13.3. The van der Waals surface area contributed by atoms with Crippen LogP contribution in [0.5, 0.6) is 0 Å². The third-order valence-electron chi connectivity index (χ3n) is 10.7. The fourth-order valence-electron chi connectivity index (χ4n) is 6.82. The minimum Gasteiger partial charge on any atom is -0.544 e. The van der Waals surface area contributed by atoms with Gasteiger partial charge in [0, 0.05) is 19.3 Å². The standard InChI is InChI=1S/C56H93NO7/c1-6-8-10-12-14-16-18-20-22-24-25-26-27-28-29-31-33-35-37-39-41-43-45-47-55(59)64-52(50-62-49-48-53(56(60)61)57(3,4)5)51-63-54(58)46-44-42-40-38-36-34-32-30-23-21-19-17-15-13-11-9-7-2/h8,10,14,16,20-23,25-26,28-29,32,34,38,40,52-53H,6-7,9,11-13,15,17-19,24,27,30-31,33,35-37,39,41-51H2,1-5H3/b10-8+,16-14+,22-20+,23-21+,26-25+,29-28+,34-32+,40-38+. The van der Waals surface area contributed by atoms with Crippen molar-refractivity contribution < 1.29 is 38.2 Å². The second-order valence-electron chi connectivity index (χ2n) is 17.7. The molecule has 8 heteroatoms. The minimum atomic E-state index is -1.14. The van der Waals surface area contributed by atoms with Gasteiger partial charge in [0.2, 0.25) is 0 Å². The van der Waals surface area contributed by atoms with Crippen LogP contribution in [0.3, 0.4) is 0 Å². The zero-order valence-corrected chi connectivity index (χ0v) is 41.4. The van der Waals surface area contributed by atoms with Gasteiger partial charge in [-0.05, 0) is 89.9 Å². The molecule has 2 unspecified atom stereocenters. The quantitative estimate of drug-likeness (QED) is 0.0260. The zero-order valence-electron chi connectivity index (χ0n) is 41.4. The maximum absolute atomic E-state index is 12.8. The number of carboxylic acid groups (broad SMARTS) is 1. The van der Waals surface area contributed by atoms with Crippen LogP contribution in [0.4, 0.5) is 0 Å². The molecule has 0 aromatic carbocycles. The zero-order chi connectivity index (χ0) is 47.0. The molecule has 0 aliphatic rings. The van der Waals surface area contributed by atoms with Gasteiger partial charge in [-0.1, -0.05) is 175 Å². The molecule has 0 bridgehead atoms. The molecule has 0 fully saturated rings. The molecule has 0 aromatic heterocycles. The lowest BCUT2D eigenvalue weighted by Crippen LogP contribution is -2.55. The Bertz CT molecular complexity index is 1360. The summed E-state index contributed by atoms with van der Waals surface area (Å²) in [5, 5.41) is 11.7. The first-order valence-corrected chi connectivity index (χ1v) is 25.3. The van der Waals surface area contributed by atoms with Gasteiger partial charge in [0.15, 0.2) is 6.10 Å². The van der Waals surface area contributed by atoms with Gasteiger partial charge < -0.3 is 28.6 Å². The minimum absolute atomic E-state index is 0.0146. The molecule has 0 aliphatic heterocycles. The van der Waals surface area contributed by atoms with E-state index in [0.29, 0.717) is 12.8 Å². The number of carbonyl (C=O) groups excluding carboxylic acids is 3. The van der Waals surface area contributed by atoms with Crippen molar-refractivity contribution in [3.05, 3.63) is 97.2 Å². The average molecular weight is 892 g/mol. The third-order valence-corrected chi connectivity index (χ3v) is 10.7. The lowest BCUT2D eigenvalue weighted by molar-refractivity contribution is -0.889. The van der Waals surface area contributed by atoms with Crippen molar-refractivity contribution in [2.75, 3.05) is 41.0 Å². The SMILES string of the molecule is CC/C=C/C/C=C/C/C=C/C/C=C/C/C=C/CCCCCCCCCC(=O)OC(COCCC(C(=O)[O-])[N+](C)(C)C)COC(=O)CCC/C=C/C/C=C/C/C=C/CCCCCCCC. The van der Waals surface area contributed by atoms with Crippen LogP contribution in [0.25, 0.3) is 0 Å². The fraction of sp³-hybridized carbons (Fsp3) is 0.661. The van der Waals surface area contributed by atoms with Crippen molar-refractivity contribution in [3.8, 4) is 0 Å². The second-order valence-corrected chi connectivity index (χ2v) is 17.7.